The highest BCUT2D eigenvalue weighted by atomic mass is 15.1. The molecular weight excluding hydrogens is 917 g/mol. The van der Waals surface area contributed by atoms with E-state index in [2.05, 4.69) is 313 Å². The third-order valence-electron chi connectivity index (χ3n) is 16.5. The molecular formula is C74H50N2. The molecule has 12 aromatic carbocycles. The summed E-state index contributed by atoms with van der Waals surface area (Å²) < 4.78 is 2.42. The molecule has 0 unspecified atom stereocenters. The van der Waals surface area contributed by atoms with Gasteiger partial charge in [0.2, 0.25) is 0 Å². The Hall–Kier alpha value is -9.76. The van der Waals surface area contributed by atoms with Crippen molar-refractivity contribution in [2.75, 3.05) is 4.90 Å². The Kier molecular flexibility index (Phi) is 10.0. The molecule has 0 atom stereocenters. The van der Waals surface area contributed by atoms with E-state index in [0.717, 1.165) is 28.3 Å². The van der Waals surface area contributed by atoms with Crippen molar-refractivity contribution >= 4 is 38.9 Å². The summed E-state index contributed by atoms with van der Waals surface area (Å²) in [7, 11) is 0. The van der Waals surface area contributed by atoms with Crippen LogP contribution in [0.15, 0.2) is 303 Å². The van der Waals surface area contributed by atoms with Crippen LogP contribution in [0, 0.1) is 0 Å². The first-order chi connectivity index (χ1) is 37.7. The van der Waals surface area contributed by atoms with Crippen LogP contribution < -0.4 is 4.90 Å². The lowest BCUT2D eigenvalue weighted by Gasteiger charge is -2.34. The number of hydrogen-bond donors (Lipinski definition) is 0. The Bertz CT molecular complexity index is 4190. The Balaban J connectivity index is 0.915. The first-order valence-corrected chi connectivity index (χ1v) is 26.4. The van der Waals surface area contributed by atoms with Gasteiger partial charge in [-0.3, -0.25) is 0 Å². The van der Waals surface area contributed by atoms with E-state index < -0.39 is 10.8 Å². The first-order valence-electron chi connectivity index (χ1n) is 26.4. The van der Waals surface area contributed by atoms with E-state index in [9.17, 15) is 0 Å². The molecule has 2 nitrogen and oxygen atoms in total. The predicted octanol–water partition coefficient (Wildman–Crippen LogP) is 18.6. The summed E-state index contributed by atoms with van der Waals surface area (Å²) >= 11 is 0. The van der Waals surface area contributed by atoms with Crippen molar-refractivity contribution in [3.63, 3.8) is 0 Å². The SMILES string of the molecule is c1ccc(C2(c3ccccc3)c3ccccc3-c3cc(N(c4ccc(-c5ccc6c(c5)C(c5ccccc5)(c5ccccc5)c5ccccc5-6)cc4)c4cccc(-n5c6ccccc6c6ccccc65)c4)ccc32)cc1. The molecule has 15 rings (SSSR count). The molecule has 0 aliphatic heterocycles. The molecule has 0 fully saturated rings. The van der Waals surface area contributed by atoms with Crippen molar-refractivity contribution in [2.24, 2.45) is 0 Å². The summed E-state index contributed by atoms with van der Waals surface area (Å²) in [5, 5.41) is 2.49. The monoisotopic (exact) mass is 966 g/mol. The van der Waals surface area contributed by atoms with Crippen molar-refractivity contribution in [3.05, 3.63) is 348 Å². The number of hydrogen-bond acceptors (Lipinski definition) is 1. The van der Waals surface area contributed by atoms with Crippen LogP contribution in [0.25, 0.3) is 60.9 Å². The lowest BCUT2D eigenvalue weighted by atomic mass is 9.67. The zero-order chi connectivity index (χ0) is 50.2. The van der Waals surface area contributed by atoms with E-state index in [1.807, 2.05) is 0 Å². The molecule has 0 saturated carbocycles. The molecule has 1 heterocycles. The van der Waals surface area contributed by atoms with Gasteiger partial charge in [-0.25, -0.2) is 0 Å². The topological polar surface area (TPSA) is 8.17 Å². The summed E-state index contributed by atoms with van der Waals surface area (Å²) in [5.74, 6) is 0. The summed E-state index contributed by atoms with van der Waals surface area (Å²) in [6, 6.07) is 112. The highest BCUT2D eigenvalue weighted by Gasteiger charge is 2.47. The molecule has 0 N–H and O–H groups in total. The molecule has 0 amide bonds. The predicted molar refractivity (Wildman–Crippen MR) is 316 cm³/mol. The minimum absolute atomic E-state index is 0.479. The molecule has 76 heavy (non-hydrogen) atoms. The summed E-state index contributed by atoms with van der Waals surface area (Å²) in [4.78, 5) is 2.45. The van der Waals surface area contributed by atoms with Crippen LogP contribution in [0.3, 0.4) is 0 Å². The van der Waals surface area contributed by atoms with E-state index in [0.29, 0.717) is 0 Å². The number of para-hydroxylation sites is 2. The first kappa shape index (κ1) is 43.8. The van der Waals surface area contributed by atoms with Gasteiger partial charge in [0.25, 0.3) is 0 Å². The fourth-order valence-electron chi connectivity index (χ4n) is 13.4. The maximum Gasteiger partial charge on any atom is 0.0713 e. The number of fused-ring (bicyclic) bond motifs is 9. The second-order valence-electron chi connectivity index (χ2n) is 20.3. The standard InChI is InChI=1S/C74H50N2/c1-5-22-53(23-6-1)73(54-24-7-2-8-25-54)68-37-18-14-33-62(68)66-50-60(45-47-69(66)73)75(58-30-21-31-59(49-58)76-71-38-19-15-34-64(71)65-35-16-20-39-72(65)76)57-43-40-51(41-44-57)52-42-46-63-61-32-13-17-36-67(61)74(70(63)48-52,55-26-9-3-10-27-55)56-28-11-4-12-29-56/h1-50H. The third kappa shape index (κ3) is 6.41. The number of anilines is 3. The molecule has 0 radical (unpaired) electrons. The zero-order valence-electron chi connectivity index (χ0n) is 41.8. The Morgan fingerprint density at radius 2 is 0.671 bits per heavy atom. The van der Waals surface area contributed by atoms with Gasteiger partial charge in [0.15, 0.2) is 0 Å². The highest BCUT2D eigenvalue weighted by molar-refractivity contribution is 6.09. The van der Waals surface area contributed by atoms with Crippen molar-refractivity contribution in [2.45, 2.75) is 10.8 Å². The van der Waals surface area contributed by atoms with Gasteiger partial charge in [0.05, 0.1) is 21.9 Å². The van der Waals surface area contributed by atoms with Crippen LogP contribution in [0.1, 0.15) is 44.5 Å². The van der Waals surface area contributed by atoms with Crippen molar-refractivity contribution in [3.8, 4) is 39.1 Å². The van der Waals surface area contributed by atoms with Gasteiger partial charge in [0.1, 0.15) is 0 Å². The van der Waals surface area contributed by atoms with E-state index in [1.54, 1.807) is 0 Å². The van der Waals surface area contributed by atoms with Crippen LogP contribution in [0.4, 0.5) is 17.1 Å². The normalized spacial score (nSPS) is 13.5. The summed E-state index contributed by atoms with van der Waals surface area (Å²) in [6.45, 7) is 0. The second kappa shape index (κ2) is 17.4. The maximum absolute atomic E-state index is 2.46. The molecule has 2 heteroatoms. The third-order valence-corrected chi connectivity index (χ3v) is 16.5. The molecule has 13 aromatic rings. The second-order valence-corrected chi connectivity index (χ2v) is 20.3. The molecule has 356 valence electrons. The highest BCUT2D eigenvalue weighted by Crippen LogP contribution is 2.59. The van der Waals surface area contributed by atoms with E-state index in [-0.39, 0.29) is 0 Å². The Morgan fingerprint density at radius 1 is 0.250 bits per heavy atom. The van der Waals surface area contributed by atoms with Gasteiger partial charge in [-0.1, -0.05) is 243 Å². The number of rotatable bonds is 9. The van der Waals surface area contributed by atoms with Gasteiger partial charge in [-0.05, 0) is 139 Å². The Morgan fingerprint density at radius 3 is 1.24 bits per heavy atom. The quantitative estimate of drug-likeness (QED) is 0.140. The number of nitrogens with zero attached hydrogens (tertiary/aromatic N) is 2. The molecule has 0 saturated heterocycles. The fourth-order valence-corrected chi connectivity index (χ4v) is 13.4. The lowest BCUT2D eigenvalue weighted by Crippen LogP contribution is -2.28. The van der Waals surface area contributed by atoms with Crippen molar-refractivity contribution < 1.29 is 0 Å². The van der Waals surface area contributed by atoms with Crippen LogP contribution in [0.2, 0.25) is 0 Å². The minimum Gasteiger partial charge on any atom is -0.310 e. The average Bonchev–Trinajstić information content (AvgIpc) is 4.28. The van der Waals surface area contributed by atoms with Gasteiger partial charge in [0, 0.05) is 33.5 Å². The van der Waals surface area contributed by atoms with Crippen molar-refractivity contribution in [1.29, 1.82) is 0 Å². The lowest BCUT2D eigenvalue weighted by molar-refractivity contribution is 0.768. The maximum atomic E-state index is 2.46. The molecule has 2 aliphatic rings. The molecule has 2 aliphatic carbocycles. The molecule has 0 bridgehead atoms. The smallest absolute Gasteiger partial charge is 0.0713 e. The minimum atomic E-state index is -0.494. The molecule has 1 aromatic heterocycles. The van der Waals surface area contributed by atoms with E-state index in [4.69, 9.17) is 0 Å². The zero-order valence-corrected chi connectivity index (χ0v) is 41.8. The molecule has 0 spiro atoms. The fraction of sp³-hybridized carbons (Fsp3) is 0.0270. The van der Waals surface area contributed by atoms with Crippen LogP contribution in [0.5, 0.6) is 0 Å². The van der Waals surface area contributed by atoms with Gasteiger partial charge >= 0.3 is 0 Å². The number of aromatic nitrogens is 1. The van der Waals surface area contributed by atoms with Crippen LogP contribution in [-0.2, 0) is 10.8 Å². The van der Waals surface area contributed by atoms with Gasteiger partial charge in [-0.15, -0.1) is 0 Å². The summed E-state index contributed by atoms with van der Waals surface area (Å²) in [6.07, 6.45) is 0. The van der Waals surface area contributed by atoms with Gasteiger partial charge in [-0.2, -0.15) is 0 Å². The number of benzene rings is 12. The van der Waals surface area contributed by atoms with E-state index in [1.165, 1.54) is 94.1 Å². The largest absolute Gasteiger partial charge is 0.310 e. The Labute approximate surface area is 443 Å². The van der Waals surface area contributed by atoms with Crippen LogP contribution >= 0.6 is 0 Å². The van der Waals surface area contributed by atoms with Gasteiger partial charge < -0.3 is 9.47 Å². The summed E-state index contributed by atoms with van der Waals surface area (Å²) in [5.41, 5.74) is 23.4. The van der Waals surface area contributed by atoms with Crippen LogP contribution in [-0.4, -0.2) is 4.57 Å². The van der Waals surface area contributed by atoms with E-state index >= 15 is 0 Å². The average molecular weight is 967 g/mol. The van der Waals surface area contributed by atoms with Crippen molar-refractivity contribution in [1.82, 2.24) is 4.57 Å².